The Hall–Kier alpha value is -0.0900. The monoisotopic (exact) mass is 205 g/mol. The molecule has 0 amide bonds. The molecule has 0 aliphatic heterocycles. The van der Waals surface area contributed by atoms with Crippen LogP contribution in [-0.4, -0.2) is 20.7 Å². The molecule has 1 N–H and O–H groups in total. The van der Waals surface area contributed by atoms with Crippen molar-refractivity contribution in [3.8, 4) is 0 Å². The largest absolute Gasteiger partial charge is 0.213 e. The van der Waals surface area contributed by atoms with Gasteiger partial charge in [0.15, 0.2) is 0 Å². The molecule has 0 bridgehead atoms. The lowest BCUT2D eigenvalue weighted by Gasteiger charge is -2.28. The first-order chi connectivity index (χ1) is 6.01. The summed E-state index contributed by atoms with van der Waals surface area (Å²) in [5.74, 6) is 0.716. The predicted octanol–water partition coefficient (Wildman–Crippen LogP) is 1.50. The van der Waals surface area contributed by atoms with Gasteiger partial charge in [0.2, 0.25) is 10.0 Å². The van der Waals surface area contributed by atoms with Gasteiger partial charge in [-0.05, 0) is 18.8 Å². The second kappa shape index (κ2) is 4.42. The highest BCUT2D eigenvalue weighted by molar-refractivity contribution is 7.88. The Labute approximate surface area is 81.0 Å². The maximum Gasteiger partial charge on any atom is 0.208 e. The molecule has 1 rings (SSSR count). The average molecular weight is 205 g/mol. The molecule has 0 radical (unpaired) electrons. The lowest BCUT2D eigenvalue weighted by atomic mass is 9.85. The van der Waals surface area contributed by atoms with Crippen LogP contribution in [0.15, 0.2) is 0 Å². The Morgan fingerprint density at radius 2 is 2.08 bits per heavy atom. The van der Waals surface area contributed by atoms with Crippen LogP contribution in [-0.2, 0) is 10.0 Å². The molecule has 4 heteroatoms. The van der Waals surface area contributed by atoms with Gasteiger partial charge in [0.1, 0.15) is 0 Å². The normalized spacial score (nSPS) is 30.3. The number of nitrogens with one attached hydrogen (secondary N) is 1. The zero-order valence-corrected chi connectivity index (χ0v) is 9.23. The van der Waals surface area contributed by atoms with Gasteiger partial charge in [0.05, 0.1) is 6.26 Å². The van der Waals surface area contributed by atoms with Crippen LogP contribution in [0.4, 0.5) is 0 Å². The van der Waals surface area contributed by atoms with E-state index in [0.29, 0.717) is 5.92 Å². The van der Waals surface area contributed by atoms with Crippen molar-refractivity contribution in [3.05, 3.63) is 0 Å². The molecule has 1 aliphatic carbocycles. The summed E-state index contributed by atoms with van der Waals surface area (Å²) in [4.78, 5) is 0. The predicted molar refractivity (Wildman–Crippen MR) is 54.0 cm³/mol. The van der Waals surface area contributed by atoms with E-state index >= 15 is 0 Å². The van der Waals surface area contributed by atoms with Gasteiger partial charge in [-0.15, -0.1) is 0 Å². The Morgan fingerprint density at radius 1 is 1.38 bits per heavy atom. The van der Waals surface area contributed by atoms with Crippen LogP contribution < -0.4 is 4.72 Å². The smallest absolute Gasteiger partial charge is 0.208 e. The van der Waals surface area contributed by atoms with Crippen molar-refractivity contribution in [1.82, 2.24) is 4.72 Å². The van der Waals surface area contributed by atoms with E-state index in [2.05, 4.69) is 11.6 Å². The summed E-state index contributed by atoms with van der Waals surface area (Å²) in [6.45, 7) is 2.17. The highest BCUT2D eigenvalue weighted by Gasteiger charge is 2.22. The lowest BCUT2D eigenvalue weighted by Crippen LogP contribution is -2.37. The van der Waals surface area contributed by atoms with Crippen LogP contribution in [0.3, 0.4) is 0 Å². The standard InChI is InChI=1S/C9H19NO2S/c1-3-8-5-4-6-9(7-8)10-13(2,11)12/h8-10H,3-7H2,1-2H3/t8-,9-/m1/s1. The van der Waals surface area contributed by atoms with E-state index in [0.717, 1.165) is 19.3 Å². The van der Waals surface area contributed by atoms with Crippen LogP contribution in [0.5, 0.6) is 0 Å². The molecule has 13 heavy (non-hydrogen) atoms. The molecule has 78 valence electrons. The van der Waals surface area contributed by atoms with E-state index < -0.39 is 10.0 Å². The van der Waals surface area contributed by atoms with Gasteiger partial charge in [-0.2, -0.15) is 0 Å². The summed E-state index contributed by atoms with van der Waals surface area (Å²) in [6.07, 6.45) is 6.85. The molecule has 1 aliphatic rings. The van der Waals surface area contributed by atoms with Crippen molar-refractivity contribution in [2.24, 2.45) is 5.92 Å². The first-order valence-electron chi connectivity index (χ1n) is 4.98. The van der Waals surface area contributed by atoms with E-state index in [9.17, 15) is 8.42 Å². The van der Waals surface area contributed by atoms with Gasteiger partial charge < -0.3 is 0 Å². The zero-order valence-electron chi connectivity index (χ0n) is 8.41. The number of rotatable bonds is 3. The Bertz CT molecular complexity index is 248. The fourth-order valence-electron chi connectivity index (χ4n) is 2.07. The SMILES string of the molecule is CC[C@@H]1CCC[C@@H](NS(C)(=O)=O)C1. The van der Waals surface area contributed by atoms with E-state index in [1.54, 1.807) is 0 Å². The van der Waals surface area contributed by atoms with E-state index in [1.165, 1.54) is 19.1 Å². The third kappa shape index (κ3) is 4.09. The lowest BCUT2D eigenvalue weighted by molar-refractivity contribution is 0.301. The van der Waals surface area contributed by atoms with Crippen LogP contribution in [0.1, 0.15) is 39.0 Å². The highest BCUT2D eigenvalue weighted by atomic mass is 32.2. The Kier molecular flexibility index (Phi) is 3.74. The van der Waals surface area contributed by atoms with Gasteiger partial charge >= 0.3 is 0 Å². The van der Waals surface area contributed by atoms with Gasteiger partial charge in [0, 0.05) is 6.04 Å². The number of sulfonamides is 1. The molecule has 0 unspecified atom stereocenters. The maximum absolute atomic E-state index is 11.0. The number of hydrogen-bond acceptors (Lipinski definition) is 2. The minimum atomic E-state index is -3.01. The average Bonchev–Trinajstić information content (AvgIpc) is 2.01. The minimum absolute atomic E-state index is 0.189. The molecular weight excluding hydrogens is 186 g/mol. The van der Waals surface area contributed by atoms with Gasteiger partial charge in [-0.1, -0.05) is 26.2 Å². The summed E-state index contributed by atoms with van der Waals surface area (Å²) in [5.41, 5.74) is 0. The van der Waals surface area contributed by atoms with Crippen molar-refractivity contribution in [3.63, 3.8) is 0 Å². The molecule has 1 saturated carbocycles. The third-order valence-corrected chi connectivity index (χ3v) is 3.50. The van der Waals surface area contributed by atoms with Crippen LogP contribution in [0.2, 0.25) is 0 Å². The van der Waals surface area contributed by atoms with Gasteiger partial charge in [0.25, 0.3) is 0 Å². The molecule has 0 heterocycles. The maximum atomic E-state index is 11.0. The summed E-state index contributed by atoms with van der Waals surface area (Å²) in [6, 6.07) is 0.189. The second-order valence-electron chi connectivity index (χ2n) is 4.03. The quantitative estimate of drug-likeness (QED) is 0.759. The molecule has 2 atom stereocenters. The van der Waals surface area contributed by atoms with Gasteiger partial charge in [-0.25, -0.2) is 13.1 Å². The molecule has 1 fully saturated rings. The summed E-state index contributed by atoms with van der Waals surface area (Å²) < 4.78 is 24.7. The number of hydrogen-bond donors (Lipinski definition) is 1. The van der Waals surface area contributed by atoms with Gasteiger partial charge in [-0.3, -0.25) is 0 Å². The van der Waals surface area contributed by atoms with Crippen molar-refractivity contribution in [2.45, 2.75) is 45.1 Å². The van der Waals surface area contributed by atoms with Crippen LogP contribution >= 0.6 is 0 Å². The topological polar surface area (TPSA) is 46.2 Å². The molecule has 0 spiro atoms. The third-order valence-electron chi connectivity index (χ3n) is 2.74. The Balaban J connectivity index is 2.43. The van der Waals surface area contributed by atoms with Crippen molar-refractivity contribution in [2.75, 3.05) is 6.26 Å². The summed E-state index contributed by atoms with van der Waals surface area (Å²) in [7, 11) is -3.01. The molecule has 0 saturated heterocycles. The zero-order chi connectivity index (χ0) is 9.90. The Morgan fingerprint density at radius 3 is 2.62 bits per heavy atom. The van der Waals surface area contributed by atoms with Crippen molar-refractivity contribution in [1.29, 1.82) is 0 Å². The molecule has 0 aromatic carbocycles. The van der Waals surface area contributed by atoms with E-state index in [-0.39, 0.29) is 6.04 Å². The molecule has 0 aromatic rings. The van der Waals surface area contributed by atoms with Crippen LogP contribution in [0, 0.1) is 5.92 Å². The summed E-state index contributed by atoms with van der Waals surface area (Å²) in [5, 5.41) is 0. The molecule has 0 aromatic heterocycles. The van der Waals surface area contributed by atoms with E-state index in [1.807, 2.05) is 0 Å². The first kappa shape index (κ1) is 11.0. The molecule has 3 nitrogen and oxygen atoms in total. The fraction of sp³-hybridized carbons (Fsp3) is 1.00. The highest BCUT2D eigenvalue weighted by Crippen LogP contribution is 2.26. The van der Waals surface area contributed by atoms with E-state index in [4.69, 9.17) is 0 Å². The second-order valence-corrected chi connectivity index (χ2v) is 5.81. The van der Waals surface area contributed by atoms with Crippen LogP contribution in [0.25, 0.3) is 0 Å². The fourth-order valence-corrected chi connectivity index (χ4v) is 2.89. The first-order valence-corrected chi connectivity index (χ1v) is 6.87. The minimum Gasteiger partial charge on any atom is -0.213 e. The molecular formula is C9H19NO2S. The van der Waals surface area contributed by atoms with Crippen molar-refractivity contribution >= 4 is 10.0 Å². The van der Waals surface area contributed by atoms with Crippen molar-refractivity contribution < 1.29 is 8.42 Å². The summed E-state index contributed by atoms with van der Waals surface area (Å²) >= 11 is 0.